The molecule has 1 heterocycles. The van der Waals surface area contributed by atoms with Gasteiger partial charge in [0.2, 0.25) is 0 Å². The smallest absolute Gasteiger partial charge is 0.336 e. The monoisotopic (exact) mass is 352 g/mol. The van der Waals surface area contributed by atoms with Crippen LogP contribution >= 0.6 is 0 Å². The minimum atomic E-state index is -0.462. The minimum absolute atomic E-state index is 0.0125. The number of aryl methyl sites for hydroxylation is 2. The molecule has 1 aromatic heterocycles. The van der Waals surface area contributed by atoms with Gasteiger partial charge >= 0.3 is 11.6 Å². The average Bonchev–Trinajstić information content (AvgIpc) is 2.61. The lowest BCUT2D eigenvalue weighted by atomic mass is 10.0. The Labute approximate surface area is 151 Å². The van der Waals surface area contributed by atoms with Crippen LogP contribution in [-0.2, 0) is 22.6 Å². The second kappa shape index (κ2) is 7.44. The quantitative estimate of drug-likeness (QED) is 0.517. The highest BCUT2D eigenvalue weighted by Crippen LogP contribution is 2.23. The van der Waals surface area contributed by atoms with Gasteiger partial charge in [-0.3, -0.25) is 4.79 Å². The first kappa shape index (κ1) is 17.7. The van der Waals surface area contributed by atoms with E-state index in [1.165, 1.54) is 6.07 Å². The lowest BCUT2D eigenvalue weighted by Gasteiger charge is -2.10. The number of esters is 1. The van der Waals surface area contributed by atoms with Crippen LogP contribution in [0.3, 0.4) is 0 Å². The molecule has 26 heavy (non-hydrogen) atoms. The van der Waals surface area contributed by atoms with Crippen molar-refractivity contribution in [3.05, 3.63) is 75.1 Å². The highest BCUT2D eigenvalue weighted by Gasteiger charge is 2.12. The summed E-state index contributed by atoms with van der Waals surface area (Å²) in [4.78, 5) is 24.0. The van der Waals surface area contributed by atoms with Gasteiger partial charge in [-0.1, -0.05) is 18.2 Å². The van der Waals surface area contributed by atoms with Crippen molar-refractivity contribution in [2.75, 3.05) is 7.11 Å². The van der Waals surface area contributed by atoms with E-state index in [4.69, 9.17) is 13.9 Å². The molecule has 0 aliphatic heterocycles. The standard InChI is InChI=1S/C21H20O5/c1-13-8-17-16(11-21(23)26-19(17)9-14(13)2)12-25-20(22)10-15-6-4-5-7-18(15)24-3/h4-9,11H,10,12H2,1-3H3. The fraction of sp³-hybridized carbons (Fsp3) is 0.238. The Morgan fingerprint density at radius 1 is 1.04 bits per heavy atom. The zero-order chi connectivity index (χ0) is 18.7. The van der Waals surface area contributed by atoms with E-state index in [1.807, 2.05) is 44.2 Å². The molecule has 0 bridgehead atoms. The Morgan fingerprint density at radius 2 is 1.77 bits per heavy atom. The fourth-order valence-corrected chi connectivity index (χ4v) is 2.82. The van der Waals surface area contributed by atoms with Crippen molar-refractivity contribution in [3.63, 3.8) is 0 Å². The van der Waals surface area contributed by atoms with Crippen LogP contribution in [0.4, 0.5) is 0 Å². The summed E-state index contributed by atoms with van der Waals surface area (Å²) in [6.45, 7) is 3.95. The summed E-state index contributed by atoms with van der Waals surface area (Å²) < 4.78 is 15.9. The van der Waals surface area contributed by atoms with Crippen LogP contribution in [0, 0.1) is 13.8 Å². The third-order valence-corrected chi connectivity index (χ3v) is 4.36. The molecule has 3 rings (SSSR count). The van der Waals surface area contributed by atoms with Crippen molar-refractivity contribution in [1.29, 1.82) is 0 Å². The number of rotatable bonds is 5. The van der Waals surface area contributed by atoms with Crippen molar-refractivity contribution < 1.29 is 18.7 Å². The number of methoxy groups -OCH3 is 1. The van der Waals surface area contributed by atoms with Crippen LogP contribution in [0.15, 0.2) is 51.7 Å². The fourth-order valence-electron chi connectivity index (χ4n) is 2.82. The molecule has 0 aliphatic rings. The molecule has 3 aromatic rings. The van der Waals surface area contributed by atoms with Gasteiger partial charge in [0.05, 0.1) is 13.5 Å². The first-order chi connectivity index (χ1) is 12.5. The van der Waals surface area contributed by atoms with Crippen LogP contribution < -0.4 is 10.4 Å². The molecule has 0 saturated carbocycles. The van der Waals surface area contributed by atoms with Gasteiger partial charge in [-0.2, -0.15) is 0 Å². The summed E-state index contributed by atoms with van der Waals surface area (Å²) in [5, 5.41) is 0.776. The van der Waals surface area contributed by atoms with E-state index in [0.29, 0.717) is 16.9 Å². The van der Waals surface area contributed by atoms with Gasteiger partial charge in [-0.15, -0.1) is 0 Å². The third-order valence-electron chi connectivity index (χ3n) is 4.36. The zero-order valence-electron chi connectivity index (χ0n) is 15.0. The average molecular weight is 352 g/mol. The largest absolute Gasteiger partial charge is 0.496 e. The Hall–Kier alpha value is -3.08. The summed E-state index contributed by atoms with van der Waals surface area (Å²) in [6, 6.07) is 12.4. The summed E-state index contributed by atoms with van der Waals surface area (Å²) in [7, 11) is 1.56. The van der Waals surface area contributed by atoms with E-state index in [1.54, 1.807) is 13.2 Å². The number of carbonyl (C=O) groups excluding carboxylic acids is 1. The molecule has 0 saturated heterocycles. The number of hydrogen-bond donors (Lipinski definition) is 0. The van der Waals surface area contributed by atoms with Gasteiger partial charge in [-0.25, -0.2) is 4.79 Å². The molecule has 2 aromatic carbocycles. The molecule has 0 fully saturated rings. The summed E-state index contributed by atoms with van der Waals surface area (Å²) in [5.74, 6) is 0.251. The summed E-state index contributed by atoms with van der Waals surface area (Å²) in [5.41, 5.74) is 3.53. The molecule has 0 amide bonds. The number of para-hydroxylation sites is 1. The van der Waals surface area contributed by atoms with Gasteiger partial charge < -0.3 is 13.9 Å². The molecule has 0 radical (unpaired) electrons. The van der Waals surface area contributed by atoms with E-state index in [2.05, 4.69) is 0 Å². The van der Waals surface area contributed by atoms with Gasteiger partial charge in [0.1, 0.15) is 17.9 Å². The predicted molar refractivity (Wildman–Crippen MR) is 98.5 cm³/mol. The van der Waals surface area contributed by atoms with Gasteiger partial charge in [-0.05, 0) is 43.2 Å². The number of fused-ring (bicyclic) bond motifs is 1. The van der Waals surface area contributed by atoms with E-state index in [0.717, 1.165) is 22.1 Å². The molecule has 0 unspecified atom stereocenters. The SMILES string of the molecule is COc1ccccc1CC(=O)OCc1cc(=O)oc2cc(C)c(C)cc12. The summed E-state index contributed by atoms with van der Waals surface area (Å²) >= 11 is 0. The molecular weight excluding hydrogens is 332 g/mol. The van der Waals surface area contributed by atoms with Crippen molar-refractivity contribution >= 4 is 16.9 Å². The van der Waals surface area contributed by atoms with E-state index in [-0.39, 0.29) is 19.0 Å². The highest BCUT2D eigenvalue weighted by atomic mass is 16.5. The first-order valence-corrected chi connectivity index (χ1v) is 8.29. The second-order valence-electron chi connectivity index (χ2n) is 6.17. The normalized spacial score (nSPS) is 10.7. The van der Waals surface area contributed by atoms with Crippen molar-refractivity contribution in [2.45, 2.75) is 26.9 Å². The van der Waals surface area contributed by atoms with Crippen molar-refractivity contribution in [3.8, 4) is 5.75 Å². The molecule has 0 N–H and O–H groups in total. The van der Waals surface area contributed by atoms with Gasteiger partial charge in [0.15, 0.2) is 0 Å². The van der Waals surface area contributed by atoms with Gasteiger partial charge in [0.25, 0.3) is 0 Å². The lowest BCUT2D eigenvalue weighted by Crippen LogP contribution is -2.10. The topological polar surface area (TPSA) is 65.7 Å². The van der Waals surface area contributed by atoms with Crippen LogP contribution in [0.1, 0.15) is 22.3 Å². The van der Waals surface area contributed by atoms with Crippen LogP contribution in [0.2, 0.25) is 0 Å². The van der Waals surface area contributed by atoms with Crippen LogP contribution in [-0.4, -0.2) is 13.1 Å². The van der Waals surface area contributed by atoms with Crippen LogP contribution in [0.5, 0.6) is 5.75 Å². The molecule has 134 valence electrons. The number of hydrogen-bond acceptors (Lipinski definition) is 5. The second-order valence-corrected chi connectivity index (χ2v) is 6.17. The van der Waals surface area contributed by atoms with Crippen molar-refractivity contribution in [2.24, 2.45) is 0 Å². The zero-order valence-corrected chi connectivity index (χ0v) is 15.0. The maximum absolute atomic E-state index is 12.2. The number of ether oxygens (including phenoxy) is 2. The third kappa shape index (κ3) is 3.77. The van der Waals surface area contributed by atoms with E-state index in [9.17, 15) is 9.59 Å². The predicted octanol–water partition coefficient (Wildman–Crippen LogP) is 3.70. The van der Waals surface area contributed by atoms with E-state index < -0.39 is 5.63 Å². The Bertz CT molecular complexity index is 1020. The molecule has 0 aliphatic carbocycles. The number of carbonyl (C=O) groups is 1. The molecule has 5 nitrogen and oxygen atoms in total. The van der Waals surface area contributed by atoms with E-state index >= 15 is 0 Å². The Kier molecular flexibility index (Phi) is 5.07. The maximum Gasteiger partial charge on any atom is 0.336 e. The maximum atomic E-state index is 12.2. The van der Waals surface area contributed by atoms with Crippen LogP contribution in [0.25, 0.3) is 11.0 Å². The summed E-state index contributed by atoms with van der Waals surface area (Å²) in [6.07, 6.45) is 0.0987. The molecule has 5 heteroatoms. The first-order valence-electron chi connectivity index (χ1n) is 8.29. The van der Waals surface area contributed by atoms with Gasteiger partial charge in [0, 0.05) is 22.6 Å². The Morgan fingerprint density at radius 3 is 2.54 bits per heavy atom. The van der Waals surface area contributed by atoms with Crippen molar-refractivity contribution in [1.82, 2.24) is 0 Å². The molecular formula is C21H20O5. The minimum Gasteiger partial charge on any atom is -0.496 e. The molecule has 0 spiro atoms. The lowest BCUT2D eigenvalue weighted by molar-refractivity contribution is -0.144. The number of benzene rings is 2. The Balaban J connectivity index is 1.80. The molecule has 0 atom stereocenters. The highest BCUT2D eigenvalue weighted by molar-refractivity contribution is 5.82.